The summed E-state index contributed by atoms with van der Waals surface area (Å²) in [5.74, 6) is -1.46. The van der Waals surface area contributed by atoms with Gasteiger partial charge in [0.15, 0.2) is 0 Å². The van der Waals surface area contributed by atoms with E-state index >= 15 is 0 Å². The van der Waals surface area contributed by atoms with Crippen molar-refractivity contribution in [1.29, 1.82) is 0 Å². The average molecular weight is 328 g/mol. The van der Waals surface area contributed by atoms with Gasteiger partial charge in [-0.05, 0) is 25.0 Å². The zero-order chi connectivity index (χ0) is 16.9. The minimum Gasteiger partial charge on any atom is -0.494 e. The third kappa shape index (κ3) is 4.70. The van der Waals surface area contributed by atoms with Crippen LogP contribution in [0.5, 0.6) is 5.75 Å². The van der Waals surface area contributed by atoms with Crippen LogP contribution in [0.25, 0.3) is 0 Å². The monoisotopic (exact) mass is 328 g/mol. The predicted molar refractivity (Wildman–Crippen MR) is 75.9 cm³/mol. The van der Waals surface area contributed by atoms with Crippen LogP contribution in [0.2, 0.25) is 0 Å². The number of aromatic nitrogens is 3. The van der Waals surface area contributed by atoms with E-state index in [1.807, 2.05) is 25.1 Å². The Morgan fingerprint density at radius 1 is 1.35 bits per heavy atom. The normalized spacial score (nSPS) is 11.3. The van der Waals surface area contributed by atoms with Gasteiger partial charge in [-0.25, -0.2) is 0 Å². The van der Waals surface area contributed by atoms with E-state index in [1.165, 1.54) is 0 Å². The number of rotatable bonds is 6. The molecule has 0 aliphatic carbocycles. The van der Waals surface area contributed by atoms with Crippen molar-refractivity contribution in [2.24, 2.45) is 0 Å². The number of hydrogen-bond acceptors (Lipinski definition) is 4. The summed E-state index contributed by atoms with van der Waals surface area (Å²) in [7, 11) is 0. The highest BCUT2D eigenvalue weighted by molar-refractivity contribution is 5.89. The van der Waals surface area contributed by atoms with Crippen molar-refractivity contribution in [2.75, 3.05) is 11.9 Å². The summed E-state index contributed by atoms with van der Waals surface area (Å²) >= 11 is 0. The molecule has 1 amide bonds. The largest absolute Gasteiger partial charge is 0.494 e. The van der Waals surface area contributed by atoms with Crippen LogP contribution in [0.1, 0.15) is 24.7 Å². The molecule has 0 spiro atoms. The lowest BCUT2D eigenvalue weighted by Gasteiger charge is -2.09. The average Bonchev–Trinajstić information content (AvgIpc) is 2.95. The second kappa shape index (κ2) is 7.12. The van der Waals surface area contributed by atoms with Gasteiger partial charge in [-0.15, -0.1) is 5.10 Å². The number of benzene rings is 1. The molecule has 0 aliphatic heterocycles. The number of anilines is 1. The van der Waals surface area contributed by atoms with Crippen LogP contribution in [0.3, 0.4) is 0 Å². The first-order valence-electron chi connectivity index (χ1n) is 6.90. The van der Waals surface area contributed by atoms with Crippen molar-refractivity contribution >= 4 is 11.9 Å². The van der Waals surface area contributed by atoms with Crippen molar-refractivity contribution in [1.82, 2.24) is 15.2 Å². The lowest BCUT2D eigenvalue weighted by atomic mass is 10.1. The molecule has 0 saturated carbocycles. The van der Waals surface area contributed by atoms with Crippen molar-refractivity contribution in [3.63, 3.8) is 0 Å². The van der Waals surface area contributed by atoms with E-state index in [0.29, 0.717) is 18.8 Å². The summed E-state index contributed by atoms with van der Waals surface area (Å²) in [5.41, 5.74) is 0.843. The Morgan fingerprint density at radius 3 is 2.74 bits per heavy atom. The maximum atomic E-state index is 12.4. The first-order valence-corrected chi connectivity index (χ1v) is 6.90. The van der Waals surface area contributed by atoms with Crippen LogP contribution >= 0.6 is 0 Å². The van der Waals surface area contributed by atoms with Gasteiger partial charge < -0.3 is 4.74 Å². The van der Waals surface area contributed by atoms with Crippen LogP contribution in [-0.4, -0.2) is 27.7 Å². The number of nitrogens with zero attached hydrogens (tertiary/aromatic N) is 2. The molecule has 0 radical (unpaired) electrons. The molecule has 9 heteroatoms. The number of aromatic amines is 1. The van der Waals surface area contributed by atoms with E-state index in [0.717, 1.165) is 5.56 Å². The molecule has 1 aromatic heterocycles. The molecule has 124 valence electrons. The van der Waals surface area contributed by atoms with Crippen molar-refractivity contribution < 1.29 is 22.7 Å². The Hall–Kier alpha value is -2.58. The second-order valence-corrected chi connectivity index (χ2v) is 4.59. The van der Waals surface area contributed by atoms with Gasteiger partial charge in [0, 0.05) is 6.42 Å². The molecule has 0 unspecified atom stereocenters. The Balaban J connectivity index is 1.92. The molecule has 0 fully saturated rings. The highest BCUT2D eigenvalue weighted by atomic mass is 19.4. The zero-order valence-corrected chi connectivity index (χ0v) is 12.3. The third-order valence-corrected chi connectivity index (χ3v) is 2.90. The first kappa shape index (κ1) is 16.8. The summed E-state index contributed by atoms with van der Waals surface area (Å²) in [4.78, 5) is 15.0. The number of carbonyl (C=O) groups excluding carboxylic acids is 1. The fourth-order valence-electron chi connectivity index (χ4n) is 1.89. The fourth-order valence-corrected chi connectivity index (χ4v) is 1.89. The minimum atomic E-state index is -4.63. The molecule has 1 heterocycles. The smallest absolute Gasteiger partial charge is 0.451 e. The number of hydrogen-bond donors (Lipinski definition) is 2. The number of nitrogens with one attached hydrogen (secondary N) is 2. The Labute approximate surface area is 130 Å². The van der Waals surface area contributed by atoms with E-state index in [1.54, 1.807) is 11.2 Å². The molecule has 6 nitrogen and oxygen atoms in total. The van der Waals surface area contributed by atoms with Gasteiger partial charge in [0.1, 0.15) is 5.75 Å². The Kier molecular flexibility index (Phi) is 5.20. The molecule has 1 aromatic carbocycles. The summed E-state index contributed by atoms with van der Waals surface area (Å²) in [6.45, 7) is 2.35. The maximum absolute atomic E-state index is 12.4. The molecular formula is C14H15F3N4O2. The quantitative estimate of drug-likeness (QED) is 0.854. The number of H-pyrrole nitrogens is 1. The second-order valence-electron chi connectivity index (χ2n) is 4.59. The molecule has 2 N–H and O–H groups in total. The van der Waals surface area contributed by atoms with Crippen LogP contribution in [0.15, 0.2) is 24.3 Å². The van der Waals surface area contributed by atoms with Crippen LogP contribution in [-0.2, 0) is 17.4 Å². The minimum absolute atomic E-state index is 0.0694. The lowest BCUT2D eigenvalue weighted by Crippen LogP contribution is -2.14. The number of alkyl halides is 3. The van der Waals surface area contributed by atoms with Crippen LogP contribution in [0, 0.1) is 0 Å². The van der Waals surface area contributed by atoms with Crippen molar-refractivity contribution in [3.8, 4) is 5.75 Å². The van der Waals surface area contributed by atoms with Gasteiger partial charge in [-0.2, -0.15) is 18.2 Å². The van der Waals surface area contributed by atoms with Crippen molar-refractivity contribution in [3.05, 3.63) is 35.7 Å². The molecule has 0 bridgehead atoms. The molecule has 0 aliphatic rings. The molecule has 2 rings (SSSR count). The maximum Gasteiger partial charge on any atom is 0.451 e. The number of para-hydroxylation sites is 1. The highest BCUT2D eigenvalue weighted by Gasteiger charge is 2.35. The fraction of sp³-hybridized carbons (Fsp3) is 0.357. The number of amides is 1. The van der Waals surface area contributed by atoms with E-state index in [4.69, 9.17) is 4.74 Å². The zero-order valence-electron chi connectivity index (χ0n) is 12.3. The van der Waals surface area contributed by atoms with Gasteiger partial charge in [-0.3, -0.25) is 15.2 Å². The molecule has 0 saturated heterocycles. The summed E-state index contributed by atoms with van der Waals surface area (Å²) in [6.07, 6.45) is -4.18. The van der Waals surface area contributed by atoms with Gasteiger partial charge >= 0.3 is 6.18 Å². The van der Waals surface area contributed by atoms with Gasteiger partial charge in [-0.1, -0.05) is 18.2 Å². The van der Waals surface area contributed by atoms with E-state index in [-0.39, 0.29) is 6.42 Å². The molecule has 23 heavy (non-hydrogen) atoms. The van der Waals surface area contributed by atoms with E-state index < -0.39 is 23.9 Å². The topological polar surface area (TPSA) is 79.9 Å². The summed E-state index contributed by atoms with van der Waals surface area (Å²) < 4.78 is 42.5. The number of carbonyl (C=O) groups is 1. The first-order chi connectivity index (χ1) is 10.9. The number of aryl methyl sites for hydroxylation is 1. The van der Waals surface area contributed by atoms with Gasteiger partial charge in [0.2, 0.25) is 17.7 Å². The van der Waals surface area contributed by atoms with Crippen LogP contribution in [0.4, 0.5) is 19.1 Å². The number of ether oxygens (including phenoxy) is 1. The Morgan fingerprint density at radius 2 is 2.09 bits per heavy atom. The van der Waals surface area contributed by atoms with Gasteiger partial charge in [0.05, 0.1) is 6.61 Å². The summed E-state index contributed by atoms with van der Waals surface area (Å²) in [6, 6.07) is 7.26. The van der Waals surface area contributed by atoms with Gasteiger partial charge in [0.25, 0.3) is 0 Å². The molecular weight excluding hydrogens is 313 g/mol. The molecule has 0 atom stereocenters. The van der Waals surface area contributed by atoms with E-state index in [2.05, 4.69) is 15.4 Å². The van der Waals surface area contributed by atoms with E-state index in [9.17, 15) is 18.0 Å². The Bertz CT molecular complexity index is 670. The van der Waals surface area contributed by atoms with Crippen LogP contribution < -0.4 is 10.1 Å². The molecule has 2 aromatic rings. The summed E-state index contributed by atoms with van der Waals surface area (Å²) in [5, 5.41) is 7.26. The van der Waals surface area contributed by atoms with Crippen molar-refractivity contribution in [2.45, 2.75) is 25.9 Å². The number of halogens is 3. The standard InChI is InChI=1S/C14H15F3N4O2/c1-2-23-10-6-4-3-5-9(10)7-8-11(22)18-13-19-12(20-21-13)14(15,16)17/h3-6H,2,7-8H2,1H3,(H2,18,19,20,21,22). The predicted octanol–water partition coefficient (Wildman–Crippen LogP) is 2.79. The lowest BCUT2D eigenvalue weighted by molar-refractivity contribution is -0.144. The third-order valence-electron chi connectivity index (χ3n) is 2.90. The highest BCUT2D eigenvalue weighted by Crippen LogP contribution is 2.26. The SMILES string of the molecule is CCOc1ccccc1CCC(=O)Nc1n[nH]c(C(F)(F)F)n1.